The fourth-order valence-electron chi connectivity index (χ4n) is 0.448. The van der Waals surface area contributed by atoms with E-state index in [2.05, 4.69) is 6.58 Å². The molecule has 0 heterocycles. The molecule has 0 bridgehead atoms. The Kier molecular flexibility index (Phi) is 10.1. The van der Waals surface area contributed by atoms with E-state index in [1.165, 1.54) is 0 Å². The van der Waals surface area contributed by atoms with Gasteiger partial charge in [0, 0.05) is 11.6 Å². The van der Waals surface area contributed by atoms with E-state index in [9.17, 15) is 9.59 Å². The molecule has 0 aliphatic heterocycles. The summed E-state index contributed by atoms with van der Waals surface area (Å²) < 4.78 is 0. The highest BCUT2D eigenvalue weighted by molar-refractivity contribution is 5.85. The average molecular weight is 200 g/mol. The Balaban J connectivity index is 0. The summed E-state index contributed by atoms with van der Waals surface area (Å²) in [6, 6.07) is 0. The molecule has 0 aromatic carbocycles. The van der Waals surface area contributed by atoms with Crippen LogP contribution in [0.4, 0.5) is 0 Å². The maximum atomic E-state index is 10.1. The second-order valence-electron chi connectivity index (χ2n) is 2.52. The van der Waals surface area contributed by atoms with Crippen LogP contribution in [-0.2, 0) is 9.59 Å². The van der Waals surface area contributed by atoms with Crippen molar-refractivity contribution in [3.63, 3.8) is 0 Å². The minimum Gasteiger partial charge on any atom is -0.478 e. The van der Waals surface area contributed by atoms with Crippen molar-refractivity contribution >= 4 is 11.9 Å². The number of aliphatic carboxylic acids is 2. The number of hydrogen-bond acceptors (Lipinski definition) is 2. The number of unbranched alkanes of at least 4 members (excludes halogenated alkanes) is 1. The van der Waals surface area contributed by atoms with Crippen LogP contribution in [0.15, 0.2) is 24.3 Å². The maximum Gasteiger partial charge on any atom is 0.330 e. The van der Waals surface area contributed by atoms with Crippen molar-refractivity contribution in [2.24, 2.45) is 0 Å². The number of hydrogen-bond donors (Lipinski definition) is 2. The van der Waals surface area contributed by atoms with Gasteiger partial charge in [0.25, 0.3) is 0 Å². The zero-order valence-electron chi connectivity index (χ0n) is 8.49. The van der Waals surface area contributed by atoms with Crippen LogP contribution in [0.3, 0.4) is 0 Å². The molecule has 0 unspecified atom stereocenters. The van der Waals surface area contributed by atoms with E-state index in [0.29, 0.717) is 5.57 Å². The van der Waals surface area contributed by atoms with Crippen molar-refractivity contribution in [2.45, 2.75) is 26.7 Å². The van der Waals surface area contributed by atoms with Gasteiger partial charge < -0.3 is 10.2 Å². The SMILES string of the molecule is C=CC(=O)O.CCCC=C(C)C(=O)O. The molecule has 14 heavy (non-hydrogen) atoms. The van der Waals surface area contributed by atoms with Gasteiger partial charge in [-0.1, -0.05) is 26.0 Å². The Labute approximate surface area is 83.6 Å². The lowest BCUT2D eigenvalue weighted by molar-refractivity contribution is -0.133. The van der Waals surface area contributed by atoms with Crippen LogP contribution in [0.5, 0.6) is 0 Å². The highest BCUT2D eigenvalue weighted by Gasteiger charge is 1.95. The highest BCUT2D eigenvalue weighted by atomic mass is 16.4. The molecular formula is C10H16O4. The molecule has 0 aromatic rings. The lowest BCUT2D eigenvalue weighted by Crippen LogP contribution is -1.95. The topological polar surface area (TPSA) is 74.6 Å². The number of carbonyl (C=O) groups is 2. The van der Waals surface area contributed by atoms with Gasteiger partial charge in [-0.15, -0.1) is 0 Å². The van der Waals surface area contributed by atoms with Gasteiger partial charge in [-0.3, -0.25) is 0 Å². The first-order chi connectivity index (χ1) is 6.45. The molecule has 0 rings (SSSR count). The Morgan fingerprint density at radius 1 is 1.36 bits per heavy atom. The molecule has 0 fully saturated rings. The van der Waals surface area contributed by atoms with Gasteiger partial charge in [-0.25, -0.2) is 9.59 Å². The minimum atomic E-state index is -0.981. The normalized spacial score (nSPS) is 9.71. The number of rotatable bonds is 4. The summed E-state index contributed by atoms with van der Waals surface area (Å²) in [4.78, 5) is 19.4. The van der Waals surface area contributed by atoms with Crippen LogP contribution in [-0.4, -0.2) is 22.2 Å². The molecule has 0 aliphatic carbocycles. The molecular weight excluding hydrogens is 184 g/mol. The lowest BCUT2D eigenvalue weighted by Gasteiger charge is -1.89. The minimum absolute atomic E-state index is 0.442. The van der Waals surface area contributed by atoms with Crippen LogP contribution >= 0.6 is 0 Å². The van der Waals surface area contributed by atoms with E-state index in [-0.39, 0.29) is 0 Å². The largest absolute Gasteiger partial charge is 0.478 e. The van der Waals surface area contributed by atoms with Gasteiger partial charge in [0.15, 0.2) is 0 Å². The zero-order valence-corrected chi connectivity index (χ0v) is 8.49. The Morgan fingerprint density at radius 2 is 1.79 bits per heavy atom. The van der Waals surface area contributed by atoms with E-state index in [1.807, 2.05) is 6.92 Å². The molecule has 2 N–H and O–H groups in total. The molecule has 0 radical (unpaired) electrons. The molecule has 0 atom stereocenters. The van der Waals surface area contributed by atoms with Crippen LogP contribution in [0.1, 0.15) is 26.7 Å². The average Bonchev–Trinajstić information content (AvgIpc) is 2.14. The summed E-state index contributed by atoms with van der Waals surface area (Å²) >= 11 is 0. The summed E-state index contributed by atoms with van der Waals surface area (Å²) in [7, 11) is 0. The predicted octanol–water partition coefficient (Wildman–Crippen LogP) is 2.07. The molecule has 80 valence electrons. The fraction of sp³-hybridized carbons (Fsp3) is 0.400. The van der Waals surface area contributed by atoms with Crippen molar-refractivity contribution in [2.75, 3.05) is 0 Å². The Hall–Kier alpha value is -1.58. The number of carboxylic acid groups (broad SMARTS) is 2. The van der Waals surface area contributed by atoms with E-state index in [4.69, 9.17) is 10.2 Å². The first kappa shape index (κ1) is 14.9. The van der Waals surface area contributed by atoms with Gasteiger partial charge in [0.05, 0.1) is 0 Å². The van der Waals surface area contributed by atoms with Crippen molar-refractivity contribution in [3.8, 4) is 0 Å². The molecule has 0 aromatic heterocycles. The third kappa shape index (κ3) is 13.0. The van der Waals surface area contributed by atoms with E-state index in [1.54, 1.807) is 13.0 Å². The van der Waals surface area contributed by atoms with Gasteiger partial charge in [-0.2, -0.15) is 0 Å². The molecule has 0 aliphatic rings. The third-order valence-electron chi connectivity index (χ3n) is 1.25. The van der Waals surface area contributed by atoms with Gasteiger partial charge in [0.1, 0.15) is 0 Å². The summed E-state index contributed by atoms with van der Waals surface area (Å²) in [6.45, 7) is 6.59. The van der Waals surface area contributed by atoms with Crippen molar-refractivity contribution < 1.29 is 19.8 Å². The maximum absolute atomic E-state index is 10.1. The summed E-state index contributed by atoms with van der Waals surface area (Å²) in [5.74, 6) is -1.80. The van der Waals surface area contributed by atoms with Gasteiger partial charge >= 0.3 is 11.9 Å². The standard InChI is InChI=1S/C7H12O2.C3H4O2/c1-3-4-5-6(2)7(8)9;1-2-3(4)5/h5H,3-4H2,1-2H3,(H,8,9);2H,1H2,(H,4,5). The van der Waals surface area contributed by atoms with Crippen LogP contribution < -0.4 is 0 Å². The fourth-order valence-corrected chi connectivity index (χ4v) is 0.448. The molecule has 0 saturated carbocycles. The smallest absolute Gasteiger partial charge is 0.330 e. The predicted molar refractivity (Wildman–Crippen MR) is 54.1 cm³/mol. The van der Waals surface area contributed by atoms with E-state index in [0.717, 1.165) is 18.9 Å². The first-order valence-electron chi connectivity index (χ1n) is 4.21. The lowest BCUT2D eigenvalue weighted by atomic mass is 10.2. The molecule has 0 saturated heterocycles. The molecule has 4 heteroatoms. The van der Waals surface area contributed by atoms with E-state index >= 15 is 0 Å². The third-order valence-corrected chi connectivity index (χ3v) is 1.25. The van der Waals surface area contributed by atoms with Crippen molar-refractivity contribution in [1.29, 1.82) is 0 Å². The molecule has 0 amide bonds. The van der Waals surface area contributed by atoms with Crippen LogP contribution in [0.2, 0.25) is 0 Å². The van der Waals surface area contributed by atoms with Crippen molar-refractivity contribution in [3.05, 3.63) is 24.3 Å². The summed E-state index contributed by atoms with van der Waals surface area (Å²) in [5.41, 5.74) is 0.442. The molecule has 0 spiro atoms. The number of allylic oxidation sites excluding steroid dienone is 1. The van der Waals surface area contributed by atoms with E-state index < -0.39 is 11.9 Å². The highest BCUT2D eigenvalue weighted by Crippen LogP contribution is 1.96. The second kappa shape index (κ2) is 9.51. The van der Waals surface area contributed by atoms with Crippen LogP contribution in [0.25, 0.3) is 0 Å². The Morgan fingerprint density at radius 3 is 2.00 bits per heavy atom. The quantitative estimate of drug-likeness (QED) is 0.681. The van der Waals surface area contributed by atoms with Gasteiger partial charge in [0.2, 0.25) is 0 Å². The van der Waals surface area contributed by atoms with Crippen molar-refractivity contribution in [1.82, 2.24) is 0 Å². The van der Waals surface area contributed by atoms with Gasteiger partial charge in [-0.05, 0) is 13.3 Å². The first-order valence-corrected chi connectivity index (χ1v) is 4.21. The summed E-state index contributed by atoms with van der Waals surface area (Å²) in [6.07, 6.45) is 4.44. The number of carboxylic acids is 2. The second-order valence-corrected chi connectivity index (χ2v) is 2.52. The zero-order chi connectivity index (χ0) is 11.6. The molecule has 4 nitrogen and oxygen atoms in total. The monoisotopic (exact) mass is 200 g/mol. The Bertz CT molecular complexity index is 228. The van der Waals surface area contributed by atoms with Crippen LogP contribution in [0, 0.1) is 0 Å². The summed E-state index contributed by atoms with van der Waals surface area (Å²) in [5, 5.41) is 15.9.